The Morgan fingerprint density at radius 2 is 1.91 bits per heavy atom. The summed E-state index contributed by atoms with van der Waals surface area (Å²) in [5.41, 5.74) is 1.86. The Bertz CT molecular complexity index is 640. The van der Waals surface area contributed by atoms with Crippen LogP contribution in [0, 0.1) is 0 Å². The molecule has 3 rings (SSSR count). The maximum absolute atomic E-state index is 5.78. The van der Waals surface area contributed by atoms with Crippen molar-refractivity contribution in [1.82, 2.24) is 10.0 Å². The van der Waals surface area contributed by atoms with Crippen molar-refractivity contribution in [3.05, 3.63) is 58.8 Å². The SMILES string of the molecule is Br.Br.Brc1ccccc1NC1=NCCN1OCc1ccccn1. The molecule has 124 valence electrons. The van der Waals surface area contributed by atoms with Crippen molar-refractivity contribution < 1.29 is 4.84 Å². The summed E-state index contributed by atoms with van der Waals surface area (Å²) in [7, 11) is 0. The molecule has 1 aromatic carbocycles. The molecule has 0 amide bonds. The molecule has 0 atom stereocenters. The number of nitrogens with one attached hydrogen (secondary N) is 1. The zero-order valence-electron chi connectivity index (χ0n) is 12.2. The fourth-order valence-electron chi connectivity index (χ4n) is 1.97. The Morgan fingerprint density at radius 1 is 1.13 bits per heavy atom. The number of hydroxylamine groups is 2. The topological polar surface area (TPSA) is 49.8 Å². The molecule has 0 fully saturated rings. The van der Waals surface area contributed by atoms with Gasteiger partial charge in [0.1, 0.15) is 6.61 Å². The van der Waals surface area contributed by atoms with Gasteiger partial charge in [0.25, 0.3) is 0 Å². The van der Waals surface area contributed by atoms with Crippen LogP contribution in [0.1, 0.15) is 5.69 Å². The van der Waals surface area contributed by atoms with Crippen LogP contribution in [0.25, 0.3) is 0 Å². The van der Waals surface area contributed by atoms with Crippen LogP contribution in [0.15, 0.2) is 58.1 Å². The molecule has 1 aliphatic heterocycles. The molecule has 8 heteroatoms. The van der Waals surface area contributed by atoms with E-state index in [4.69, 9.17) is 4.84 Å². The molecular formula is C15H17Br3N4O. The molecule has 0 spiro atoms. The van der Waals surface area contributed by atoms with Gasteiger partial charge in [-0.2, -0.15) is 0 Å². The average molecular weight is 509 g/mol. The average Bonchev–Trinajstić information content (AvgIpc) is 2.96. The molecule has 0 saturated heterocycles. The van der Waals surface area contributed by atoms with Crippen LogP contribution in [0.4, 0.5) is 5.69 Å². The zero-order chi connectivity index (χ0) is 14.5. The van der Waals surface area contributed by atoms with E-state index in [0.29, 0.717) is 6.61 Å². The molecule has 0 radical (unpaired) electrons. The van der Waals surface area contributed by atoms with Gasteiger partial charge in [0.2, 0.25) is 5.96 Å². The molecule has 0 aliphatic carbocycles. The molecular weight excluding hydrogens is 492 g/mol. The molecule has 0 unspecified atom stereocenters. The first kappa shape index (κ1) is 20.1. The Hall–Kier alpha value is -0.960. The summed E-state index contributed by atoms with van der Waals surface area (Å²) < 4.78 is 0.990. The lowest BCUT2D eigenvalue weighted by molar-refractivity contribution is -0.104. The van der Waals surface area contributed by atoms with E-state index in [1.807, 2.05) is 42.5 Å². The number of hydrogen-bond acceptors (Lipinski definition) is 5. The van der Waals surface area contributed by atoms with Gasteiger partial charge in [0.15, 0.2) is 0 Å². The second kappa shape index (κ2) is 10.0. The summed E-state index contributed by atoms with van der Waals surface area (Å²) in [5.74, 6) is 0.720. The van der Waals surface area contributed by atoms with E-state index in [2.05, 4.69) is 31.2 Å². The number of rotatable bonds is 4. The van der Waals surface area contributed by atoms with Crippen molar-refractivity contribution in [2.24, 2.45) is 4.99 Å². The summed E-state index contributed by atoms with van der Waals surface area (Å²) in [4.78, 5) is 14.5. The highest BCUT2D eigenvalue weighted by atomic mass is 79.9. The third kappa shape index (κ3) is 5.56. The van der Waals surface area contributed by atoms with Crippen molar-refractivity contribution in [2.45, 2.75) is 6.61 Å². The van der Waals surface area contributed by atoms with Crippen LogP contribution in [-0.2, 0) is 11.4 Å². The maximum Gasteiger partial charge on any atom is 0.223 e. The van der Waals surface area contributed by atoms with E-state index in [9.17, 15) is 0 Å². The van der Waals surface area contributed by atoms with Gasteiger partial charge in [-0.25, -0.2) is 10.1 Å². The lowest BCUT2D eigenvalue weighted by atomic mass is 10.3. The number of para-hydroxylation sites is 1. The molecule has 1 N–H and O–H groups in total. The van der Waals surface area contributed by atoms with Crippen molar-refractivity contribution in [3.63, 3.8) is 0 Å². The first-order valence-corrected chi connectivity index (χ1v) is 7.48. The predicted molar refractivity (Wildman–Crippen MR) is 106 cm³/mol. The number of guanidine groups is 1. The molecule has 2 aromatic rings. The minimum Gasteiger partial charge on any atom is -0.323 e. The van der Waals surface area contributed by atoms with Crippen LogP contribution in [-0.4, -0.2) is 29.1 Å². The zero-order valence-corrected chi connectivity index (χ0v) is 17.2. The largest absolute Gasteiger partial charge is 0.323 e. The van der Waals surface area contributed by atoms with Gasteiger partial charge in [-0.15, -0.1) is 34.0 Å². The third-order valence-electron chi connectivity index (χ3n) is 3.02. The lowest BCUT2D eigenvalue weighted by Crippen LogP contribution is -2.33. The first-order chi connectivity index (χ1) is 10.3. The third-order valence-corrected chi connectivity index (χ3v) is 3.71. The number of hydrogen-bond donors (Lipinski definition) is 1. The molecule has 0 bridgehead atoms. The van der Waals surface area contributed by atoms with E-state index in [-0.39, 0.29) is 34.0 Å². The number of nitrogens with zero attached hydrogens (tertiary/aromatic N) is 3. The second-order valence-corrected chi connectivity index (χ2v) is 5.36. The first-order valence-electron chi connectivity index (χ1n) is 6.69. The highest BCUT2D eigenvalue weighted by molar-refractivity contribution is 9.10. The van der Waals surface area contributed by atoms with Crippen molar-refractivity contribution in [1.29, 1.82) is 0 Å². The normalized spacial score (nSPS) is 12.9. The molecule has 23 heavy (non-hydrogen) atoms. The minimum absolute atomic E-state index is 0. The van der Waals surface area contributed by atoms with Crippen molar-refractivity contribution in [3.8, 4) is 0 Å². The number of benzene rings is 1. The van der Waals surface area contributed by atoms with E-state index in [0.717, 1.165) is 34.9 Å². The summed E-state index contributed by atoms with van der Waals surface area (Å²) in [6.45, 7) is 1.88. The number of halogens is 3. The van der Waals surface area contributed by atoms with Gasteiger partial charge in [0, 0.05) is 10.7 Å². The van der Waals surface area contributed by atoms with Gasteiger partial charge in [-0.3, -0.25) is 9.82 Å². The fourth-order valence-corrected chi connectivity index (χ4v) is 2.35. The Kier molecular flexibility index (Phi) is 8.75. The standard InChI is InChI=1S/C15H15BrN4O.2BrH/c16-13-6-1-2-7-14(13)19-15-18-9-10-20(15)21-11-12-5-3-4-8-17-12;;/h1-8H,9-11H2,(H,18,19);2*1H. The van der Waals surface area contributed by atoms with Crippen LogP contribution < -0.4 is 5.32 Å². The molecule has 1 aliphatic rings. The fraction of sp³-hybridized carbons (Fsp3) is 0.200. The summed E-state index contributed by atoms with van der Waals surface area (Å²) in [6.07, 6.45) is 1.76. The molecule has 5 nitrogen and oxygen atoms in total. The van der Waals surface area contributed by atoms with Gasteiger partial charge in [0.05, 0.1) is 24.5 Å². The smallest absolute Gasteiger partial charge is 0.223 e. The van der Waals surface area contributed by atoms with Crippen molar-refractivity contribution >= 4 is 61.5 Å². The van der Waals surface area contributed by atoms with E-state index < -0.39 is 0 Å². The van der Waals surface area contributed by atoms with Crippen LogP contribution in [0.3, 0.4) is 0 Å². The van der Waals surface area contributed by atoms with Crippen molar-refractivity contribution in [2.75, 3.05) is 18.4 Å². The van der Waals surface area contributed by atoms with Gasteiger partial charge in [-0.05, 0) is 40.2 Å². The number of aliphatic imine (C=N–C) groups is 1. The summed E-state index contributed by atoms with van der Waals surface area (Å²) in [6, 6.07) is 13.7. The van der Waals surface area contributed by atoms with E-state index >= 15 is 0 Å². The number of pyridine rings is 1. The predicted octanol–water partition coefficient (Wildman–Crippen LogP) is 4.22. The molecule has 1 aromatic heterocycles. The Morgan fingerprint density at radius 3 is 2.65 bits per heavy atom. The number of aromatic nitrogens is 1. The lowest BCUT2D eigenvalue weighted by Gasteiger charge is -2.20. The Balaban J connectivity index is 0.00000132. The van der Waals surface area contributed by atoms with Gasteiger partial charge >= 0.3 is 0 Å². The maximum atomic E-state index is 5.78. The summed E-state index contributed by atoms with van der Waals surface area (Å²) in [5, 5.41) is 5.05. The Labute approximate surface area is 164 Å². The highest BCUT2D eigenvalue weighted by Gasteiger charge is 2.18. The van der Waals surface area contributed by atoms with Crippen LogP contribution >= 0.6 is 49.9 Å². The van der Waals surface area contributed by atoms with E-state index in [1.54, 1.807) is 11.3 Å². The molecule has 0 saturated carbocycles. The monoisotopic (exact) mass is 506 g/mol. The van der Waals surface area contributed by atoms with Crippen LogP contribution in [0.2, 0.25) is 0 Å². The van der Waals surface area contributed by atoms with Crippen LogP contribution in [0.5, 0.6) is 0 Å². The minimum atomic E-state index is 0. The second-order valence-electron chi connectivity index (χ2n) is 4.51. The van der Waals surface area contributed by atoms with Gasteiger partial charge in [-0.1, -0.05) is 18.2 Å². The summed E-state index contributed by atoms with van der Waals surface area (Å²) >= 11 is 3.51. The van der Waals surface area contributed by atoms with E-state index in [1.165, 1.54) is 0 Å². The number of anilines is 1. The highest BCUT2D eigenvalue weighted by Crippen LogP contribution is 2.22. The quantitative estimate of drug-likeness (QED) is 0.672. The molecule has 2 heterocycles. The van der Waals surface area contributed by atoms with Gasteiger partial charge < -0.3 is 5.32 Å².